The summed E-state index contributed by atoms with van der Waals surface area (Å²) < 4.78 is 10.8. The average Bonchev–Trinajstić information content (AvgIpc) is 3.43. The highest BCUT2D eigenvalue weighted by atomic mass is 32.1. The Morgan fingerprint density at radius 1 is 1.14 bits per heavy atom. The molecular weight excluding hydrogens is 388 g/mol. The van der Waals surface area contributed by atoms with E-state index in [1.54, 1.807) is 0 Å². The van der Waals surface area contributed by atoms with E-state index in [1.807, 2.05) is 36.4 Å². The number of anilines is 1. The van der Waals surface area contributed by atoms with Crippen LogP contribution >= 0.6 is 11.3 Å². The molecule has 0 spiro atoms. The molecule has 1 saturated carbocycles. The van der Waals surface area contributed by atoms with Gasteiger partial charge in [0.05, 0.1) is 18.2 Å². The van der Waals surface area contributed by atoms with Gasteiger partial charge in [-0.1, -0.05) is 43.2 Å². The molecule has 2 aliphatic rings. The van der Waals surface area contributed by atoms with E-state index in [0.717, 1.165) is 54.9 Å². The Bertz CT molecular complexity index is 840. The van der Waals surface area contributed by atoms with Crippen molar-refractivity contribution in [3.05, 3.63) is 41.3 Å². The van der Waals surface area contributed by atoms with Crippen molar-refractivity contribution in [2.75, 3.05) is 37.8 Å². The van der Waals surface area contributed by atoms with Crippen LogP contribution in [0, 0.1) is 0 Å². The second-order valence-corrected chi connectivity index (χ2v) is 8.45. The fraction of sp³-hybridized carbons (Fsp3) is 0.455. The number of benzene rings is 1. The number of amides is 1. The molecule has 6 nitrogen and oxygen atoms in total. The van der Waals surface area contributed by atoms with E-state index in [2.05, 4.69) is 10.2 Å². The van der Waals surface area contributed by atoms with Crippen molar-refractivity contribution in [1.82, 2.24) is 5.32 Å². The molecule has 4 rings (SSSR count). The quantitative estimate of drug-likeness (QED) is 0.733. The predicted molar refractivity (Wildman–Crippen MR) is 113 cm³/mol. The normalized spacial score (nSPS) is 17.3. The summed E-state index contributed by atoms with van der Waals surface area (Å²) in [6, 6.07) is 12.1. The van der Waals surface area contributed by atoms with Crippen molar-refractivity contribution < 1.29 is 19.1 Å². The van der Waals surface area contributed by atoms with E-state index in [1.165, 1.54) is 11.3 Å². The summed E-state index contributed by atoms with van der Waals surface area (Å²) in [5.74, 6) is -0.674. The number of carbonyl (C=O) groups is 2. The van der Waals surface area contributed by atoms with Crippen LogP contribution in [0.3, 0.4) is 0 Å². The molecule has 1 saturated heterocycles. The van der Waals surface area contributed by atoms with Gasteiger partial charge in [0.25, 0.3) is 5.91 Å². The predicted octanol–water partition coefficient (Wildman–Crippen LogP) is 3.47. The van der Waals surface area contributed by atoms with E-state index < -0.39 is 5.97 Å². The van der Waals surface area contributed by atoms with Crippen molar-refractivity contribution in [3.8, 4) is 11.1 Å². The summed E-state index contributed by atoms with van der Waals surface area (Å²) in [5, 5.41) is 3.99. The maximum atomic E-state index is 12.6. The molecule has 2 fully saturated rings. The maximum Gasteiger partial charge on any atom is 0.348 e. The van der Waals surface area contributed by atoms with Crippen LogP contribution in [0.4, 0.5) is 5.00 Å². The van der Waals surface area contributed by atoms with Gasteiger partial charge in [-0.05, 0) is 24.5 Å². The van der Waals surface area contributed by atoms with E-state index in [0.29, 0.717) is 18.1 Å². The zero-order valence-electron chi connectivity index (χ0n) is 16.4. The van der Waals surface area contributed by atoms with Gasteiger partial charge in [0.1, 0.15) is 4.88 Å². The minimum atomic E-state index is -0.451. The van der Waals surface area contributed by atoms with Crippen LogP contribution in [0.5, 0.6) is 0 Å². The number of rotatable bonds is 6. The monoisotopic (exact) mass is 414 g/mol. The number of esters is 1. The third-order valence-corrected chi connectivity index (χ3v) is 6.53. The molecule has 1 aliphatic carbocycles. The number of carbonyl (C=O) groups excluding carboxylic acids is 2. The minimum Gasteiger partial charge on any atom is -0.451 e. The number of nitrogens with one attached hydrogen (secondary N) is 1. The van der Waals surface area contributed by atoms with E-state index in [-0.39, 0.29) is 18.6 Å². The van der Waals surface area contributed by atoms with Crippen LogP contribution in [0.1, 0.15) is 35.4 Å². The molecule has 1 aromatic heterocycles. The van der Waals surface area contributed by atoms with Crippen LogP contribution < -0.4 is 10.2 Å². The first-order chi connectivity index (χ1) is 14.2. The smallest absolute Gasteiger partial charge is 0.348 e. The molecule has 29 heavy (non-hydrogen) atoms. The minimum absolute atomic E-state index is 0.223. The molecule has 0 bridgehead atoms. The van der Waals surface area contributed by atoms with Gasteiger partial charge < -0.3 is 19.7 Å². The van der Waals surface area contributed by atoms with Crippen molar-refractivity contribution >= 4 is 28.2 Å². The Kier molecular flexibility index (Phi) is 6.46. The van der Waals surface area contributed by atoms with Crippen LogP contribution in [-0.2, 0) is 14.3 Å². The largest absolute Gasteiger partial charge is 0.451 e. The molecule has 1 amide bonds. The lowest BCUT2D eigenvalue weighted by Crippen LogP contribution is -2.36. The van der Waals surface area contributed by atoms with Crippen LogP contribution in [-0.4, -0.2) is 50.8 Å². The fourth-order valence-corrected chi connectivity index (χ4v) is 4.98. The van der Waals surface area contributed by atoms with Gasteiger partial charge in [-0.2, -0.15) is 0 Å². The number of hydrogen-bond acceptors (Lipinski definition) is 6. The summed E-state index contributed by atoms with van der Waals surface area (Å²) in [6.45, 7) is 2.69. The van der Waals surface area contributed by atoms with E-state index in [9.17, 15) is 9.59 Å². The number of morpholine rings is 1. The fourth-order valence-electron chi connectivity index (χ4n) is 3.85. The van der Waals surface area contributed by atoms with Gasteiger partial charge in [0, 0.05) is 24.7 Å². The second kappa shape index (κ2) is 9.41. The van der Waals surface area contributed by atoms with Crippen LogP contribution in [0.2, 0.25) is 0 Å². The summed E-state index contributed by atoms with van der Waals surface area (Å²) in [7, 11) is 0. The first-order valence-corrected chi connectivity index (χ1v) is 11.0. The molecule has 2 heterocycles. The highest BCUT2D eigenvalue weighted by Gasteiger charge is 2.23. The third kappa shape index (κ3) is 4.97. The van der Waals surface area contributed by atoms with Gasteiger partial charge >= 0.3 is 5.97 Å². The SMILES string of the molecule is O=C(COC(=O)c1cc(-c2ccccc2)c(N2CCOCC2)s1)NC1CCCC1. The molecule has 154 valence electrons. The summed E-state index contributed by atoms with van der Waals surface area (Å²) in [5.41, 5.74) is 2.07. The van der Waals surface area contributed by atoms with Crippen molar-refractivity contribution in [2.45, 2.75) is 31.7 Å². The molecule has 0 radical (unpaired) electrons. The molecule has 1 N–H and O–H groups in total. The Morgan fingerprint density at radius 3 is 2.59 bits per heavy atom. The zero-order chi connectivity index (χ0) is 20.1. The van der Waals surface area contributed by atoms with Crippen molar-refractivity contribution in [2.24, 2.45) is 0 Å². The van der Waals surface area contributed by atoms with Gasteiger partial charge in [0.2, 0.25) is 0 Å². The molecule has 2 aromatic rings. The van der Waals surface area contributed by atoms with Gasteiger partial charge in [-0.3, -0.25) is 4.79 Å². The second-order valence-electron chi connectivity index (χ2n) is 7.42. The summed E-state index contributed by atoms with van der Waals surface area (Å²) in [6.07, 6.45) is 4.31. The lowest BCUT2D eigenvalue weighted by molar-refractivity contribution is -0.124. The molecule has 1 aromatic carbocycles. The van der Waals surface area contributed by atoms with Crippen LogP contribution in [0.25, 0.3) is 11.1 Å². The number of thiophene rings is 1. The molecule has 0 atom stereocenters. The third-order valence-electron chi connectivity index (χ3n) is 5.35. The number of ether oxygens (including phenoxy) is 2. The molecule has 7 heteroatoms. The summed E-state index contributed by atoms with van der Waals surface area (Å²) >= 11 is 1.42. The zero-order valence-corrected chi connectivity index (χ0v) is 17.2. The lowest BCUT2D eigenvalue weighted by atomic mass is 10.1. The standard InChI is InChI=1S/C22H26N2O4S/c25-20(23-17-8-4-5-9-17)15-28-22(26)19-14-18(16-6-2-1-3-7-16)21(29-19)24-10-12-27-13-11-24/h1-3,6-7,14,17H,4-5,8-13,15H2,(H,23,25). The Morgan fingerprint density at radius 2 is 1.86 bits per heavy atom. The van der Waals surface area contributed by atoms with Gasteiger partial charge in [-0.25, -0.2) is 4.79 Å². The topological polar surface area (TPSA) is 67.9 Å². The Balaban J connectivity index is 1.47. The Hall–Kier alpha value is -2.38. The molecule has 1 aliphatic heterocycles. The number of nitrogens with zero attached hydrogens (tertiary/aromatic N) is 1. The lowest BCUT2D eigenvalue weighted by Gasteiger charge is -2.28. The first-order valence-electron chi connectivity index (χ1n) is 10.2. The highest BCUT2D eigenvalue weighted by molar-refractivity contribution is 7.18. The average molecular weight is 415 g/mol. The van der Waals surface area contributed by atoms with Crippen molar-refractivity contribution in [1.29, 1.82) is 0 Å². The van der Waals surface area contributed by atoms with Gasteiger partial charge in [-0.15, -0.1) is 11.3 Å². The summed E-state index contributed by atoms with van der Waals surface area (Å²) in [4.78, 5) is 27.5. The molecule has 0 unspecified atom stereocenters. The van der Waals surface area contributed by atoms with E-state index >= 15 is 0 Å². The van der Waals surface area contributed by atoms with Gasteiger partial charge in [0.15, 0.2) is 6.61 Å². The van der Waals surface area contributed by atoms with Crippen LogP contribution in [0.15, 0.2) is 36.4 Å². The molecular formula is C22H26N2O4S. The number of hydrogen-bond donors (Lipinski definition) is 1. The van der Waals surface area contributed by atoms with Crippen molar-refractivity contribution in [3.63, 3.8) is 0 Å². The Labute approximate surface area is 174 Å². The maximum absolute atomic E-state index is 12.6. The first kappa shape index (κ1) is 19.9. The van der Waals surface area contributed by atoms with E-state index in [4.69, 9.17) is 9.47 Å². The highest BCUT2D eigenvalue weighted by Crippen LogP contribution is 2.39.